The van der Waals surface area contributed by atoms with Gasteiger partial charge in [-0.1, -0.05) is 30.4 Å². The van der Waals surface area contributed by atoms with Crippen LogP contribution in [0.5, 0.6) is 5.75 Å². The van der Waals surface area contributed by atoms with Gasteiger partial charge in [0.1, 0.15) is 5.75 Å². The van der Waals surface area contributed by atoms with Gasteiger partial charge in [0.05, 0.1) is 10.6 Å². The van der Waals surface area contributed by atoms with Gasteiger partial charge >= 0.3 is 0 Å². The van der Waals surface area contributed by atoms with Gasteiger partial charge in [-0.25, -0.2) is 8.42 Å². The van der Waals surface area contributed by atoms with Gasteiger partial charge in [-0.15, -0.1) is 0 Å². The van der Waals surface area contributed by atoms with Gasteiger partial charge in [0, 0.05) is 12.1 Å². The Hall–Kier alpha value is -3.32. The van der Waals surface area contributed by atoms with Crippen molar-refractivity contribution >= 4 is 27.9 Å². The molecule has 0 bridgehead atoms. The first-order valence-electron chi connectivity index (χ1n) is 7.72. The molecule has 2 N–H and O–H groups in total. The van der Waals surface area contributed by atoms with Crippen LogP contribution >= 0.6 is 0 Å². The molecular weight excluding hydrogens is 352 g/mol. The Labute approximate surface area is 151 Å². The van der Waals surface area contributed by atoms with E-state index in [1.165, 1.54) is 36.7 Å². The van der Waals surface area contributed by atoms with Crippen molar-refractivity contribution in [2.75, 3.05) is 4.72 Å². The highest BCUT2D eigenvalue weighted by Gasteiger charge is 2.15. The lowest BCUT2D eigenvalue weighted by molar-refractivity contribution is -0.605. The van der Waals surface area contributed by atoms with Gasteiger partial charge < -0.3 is 10.3 Å². The van der Waals surface area contributed by atoms with E-state index in [1.54, 1.807) is 48.6 Å². The summed E-state index contributed by atoms with van der Waals surface area (Å²) in [6.07, 6.45) is 6.32. The molecule has 0 spiro atoms. The third kappa shape index (κ3) is 4.20. The number of rotatable bonds is 5. The zero-order chi connectivity index (χ0) is 18.6. The van der Waals surface area contributed by atoms with Gasteiger partial charge in [0.25, 0.3) is 10.0 Å². The van der Waals surface area contributed by atoms with E-state index in [9.17, 15) is 18.7 Å². The molecule has 26 heavy (non-hydrogen) atoms. The number of phenolic OH excluding ortho intramolecular Hbond substituents is 1. The summed E-state index contributed by atoms with van der Waals surface area (Å²) in [5.41, 5.74) is 1.91. The third-order valence-electron chi connectivity index (χ3n) is 3.64. The van der Waals surface area contributed by atoms with Crippen molar-refractivity contribution in [2.24, 2.45) is 0 Å². The number of para-hydroxylation sites is 1. The summed E-state index contributed by atoms with van der Waals surface area (Å²) in [6.45, 7) is 0. The Balaban J connectivity index is 1.87. The summed E-state index contributed by atoms with van der Waals surface area (Å²) < 4.78 is 28.3. The van der Waals surface area contributed by atoms with Crippen molar-refractivity contribution in [2.45, 2.75) is 4.90 Å². The number of pyridine rings is 1. The standard InChI is InChI=1S/C19H16N2O4S/c22-17-7-9-18(10-8-17)26(24,25)20-19-4-2-1-3-16(19)6-5-15-11-13-21(23)14-12-15/h1-14,20,22H/b6-5+. The van der Waals surface area contributed by atoms with Crippen LogP contribution in [0.3, 0.4) is 0 Å². The average Bonchev–Trinajstić information content (AvgIpc) is 2.62. The summed E-state index contributed by atoms with van der Waals surface area (Å²) in [5.74, 6) is -0.00505. The van der Waals surface area contributed by atoms with Crippen LogP contribution in [-0.2, 0) is 10.0 Å². The van der Waals surface area contributed by atoms with Crippen LogP contribution in [0.1, 0.15) is 11.1 Å². The SMILES string of the molecule is O=S(=O)(Nc1ccccc1/C=C/c1cc[n+]([O-])cc1)c1ccc(O)cc1. The molecule has 0 aliphatic carbocycles. The van der Waals surface area contributed by atoms with E-state index in [2.05, 4.69) is 4.72 Å². The quantitative estimate of drug-likeness (QED) is 0.535. The zero-order valence-corrected chi connectivity index (χ0v) is 14.4. The minimum Gasteiger partial charge on any atom is -0.619 e. The summed E-state index contributed by atoms with van der Waals surface area (Å²) >= 11 is 0. The van der Waals surface area contributed by atoms with Crippen LogP contribution in [-0.4, -0.2) is 13.5 Å². The monoisotopic (exact) mass is 368 g/mol. The summed E-state index contributed by atoms with van der Waals surface area (Å²) in [6, 6.07) is 15.6. The Bertz CT molecular complexity index is 1030. The number of aromatic nitrogens is 1. The molecule has 0 radical (unpaired) electrons. The van der Waals surface area contributed by atoms with E-state index in [-0.39, 0.29) is 10.6 Å². The molecule has 1 aromatic heterocycles. The number of hydrogen-bond donors (Lipinski definition) is 2. The number of nitrogens with one attached hydrogen (secondary N) is 1. The van der Waals surface area contributed by atoms with Gasteiger partial charge in [-0.3, -0.25) is 4.72 Å². The summed E-state index contributed by atoms with van der Waals surface area (Å²) in [4.78, 5) is 0.0529. The van der Waals surface area contributed by atoms with E-state index < -0.39 is 10.0 Å². The number of aromatic hydroxyl groups is 1. The molecule has 7 heteroatoms. The van der Waals surface area contributed by atoms with E-state index >= 15 is 0 Å². The maximum atomic E-state index is 12.5. The number of anilines is 1. The van der Waals surface area contributed by atoms with Crippen molar-refractivity contribution in [3.05, 3.63) is 89.4 Å². The predicted molar refractivity (Wildman–Crippen MR) is 99.7 cm³/mol. The number of sulfonamides is 1. The van der Waals surface area contributed by atoms with Crippen LogP contribution in [0.4, 0.5) is 5.69 Å². The number of benzene rings is 2. The minimum absolute atomic E-state index is 0.00505. The molecule has 0 atom stereocenters. The first-order valence-corrected chi connectivity index (χ1v) is 9.20. The molecule has 0 amide bonds. The molecule has 3 rings (SSSR count). The Morgan fingerprint density at radius 3 is 2.27 bits per heavy atom. The zero-order valence-electron chi connectivity index (χ0n) is 13.6. The summed E-state index contributed by atoms with van der Waals surface area (Å²) in [7, 11) is -3.78. The average molecular weight is 368 g/mol. The van der Waals surface area contributed by atoms with Crippen LogP contribution < -0.4 is 9.45 Å². The second kappa shape index (κ2) is 7.28. The molecule has 0 fully saturated rings. The first-order chi connectivity index (χ1) is 12.4. The Kier molecular flexibility index (Phi) is 4.90. The van der Waals surface area contributed by atoms with Crippen molar-refractivity contribution in [1.29, 1.82) is 0 Å². The molecule has 0 saturated heterocycles. The predicted octanol–water partition coefficient (Wildman–Crippen LogP) is 3.00. The lowest BCUT2D eigenvalue weighted by Crippen LogP contribution is -2.23. The van der Waals surface area contributed by atoms with E-state index in [0.29, 0.717) is 16.0 Å². The molecule has 2 aromatic carbocycles. The molecule has 3 aromatic rings. The molecule has 0 saturated carbocycles. The van der Waals surface area contributed by atoms with Crippen molar-refractivity contribution in [1.82, 2.24) is 0 Å². The maximum Gasteiger partial charge on any atom is 0.261 e. The highest BCUT2D eigenvalue weighted by atomic mass is 32.2. The van der Waals surface area contributed by atoms with Crippen molar-refractivity contribution in [3.8, 4) is 5.75 Å². The van der Waals surface area contributed by atoms with Crippen molar-refractivity contribution < 1.29 is 18.3 Å². The Morgan fingerprint density at radius 1 is 0.923 bits per heavy atom. The number of nitrogens with zero attached hydrogens (tertiary/aromatic N) is 1. The summed E-state index contributed by atoms with van der Waals surface area (Å²) in [5, 5.41) is 20.4. The highest BCUT2D eigenvalue weighted by Crippen LogP contribution is 2.23. The van der Waals surface area contributed by atoms with Crippen LogP contribution in [0.2, 0.25) is 0 Å². The molecule has 0 aliphatic heterocycles. The van der Waals surface area contributed by atoms with Gasteiger partial charge in [-0.05, 0) is 41.5 Å². The second-order valence-electron chi connectivity index (χ2n) is 5.51. The maximum absolute atomic E-state index is 12.5. The molecule has 132 valence electrons. The van der Waals surface area contributed by atoms with Crippen LogP contribution in [0.15, 0.2) is 78.0 Å². The molecule has 1 heterocycles. The van der Waals surface area contributed by atoms with Gasteiger partial charge in [-0.2, -0.15) is 4.73 Å². The third-order valence-corrected chi connectivity index (χ3v) is 5.02. The highest BCUT2D eigenvalue weighted by molar-refractivity contribution is 7.92. The lowest BCUT2D eigenvalue weighted by Gasteiger charge is -2.11. The fraction of sp³-hybridized carbons (Fsp3) is 0. The fourth-order valence-electron chi connectivity index (χ4n) is 2.29. The fourth-order valence-corrected chi connectivity index (χ4v) is 3.37. The first kappa shape index (κ1) is 17.5. The second-order valence-corrected chi connectivity index (χ2v) is 7.19. The minimum atomic E-state index is -3.78. The van der Waals surface area contributed by atoms with E-state index in [0.717, 1.165) is 5.56 Å². The van der Waals surface area contributed by atoms with Crippen LogP contribution in [0.25, 0.3) is 12.2 Å². The van der Waals surface area contributed by atoms with Crippen LogP contribution in [0, 0.1) is 5.21 Å². The van der Waals surface area contributed by atoms with E-state index in [4.69, 9.17) is 0 Å². The Morgan fingerprint density at radius 2 is 1.58 bits per heavy atom. The molecule has 0 aliphatic rings. The molecule has 6 nitrogen and oxygen atoms in total. The normalized spacial score (nSPS) is 11.5. The lowest BCUT2D eigenvalue weighted by atomic mass is 10.1. The number of hydrogen-bond acceptors (Lipinski definition) is 4. The smallest absolute Gasteiger partial charge is 0.261 e. The van der Waals surface area contributed by atoms with Crippen molar-refractivity contribution in [3.63, 3.8) is 0 Å². The van der Waals surface area contributed by atoms with Gasteiger partial charge in [0.15, 0.2) is 12.4 Å². The molecule has 0 unspecified atom stereocenters. The topological polar surface area (TPSA) is 93.3 Å². The number of phenols is 1. The van der Waals surface area contributed by atoms with E-state index in [1.807, 2.05) is 0 Å². The molecular formula is C19H16N2O4S. The largest absolute Gasteiger partial charge is 0.619 e. The van der Waals surface area contributed by atoms with Gasteiger partial charge in [0.2, 0.25) is 0 Å².